The third-order valence-corrected chi connectivity index (χ3v) is 6.75. The van der Waals surface area contributed by atoms with Gasteiger partial charge in [-0.15, -0.1) is 0 Å². The fourth-order valence-corrected chi connectivity index (χ4v) is 4.15. The summed E-state index contributed by atoms with van der Waals surface area (Å²) in [7, 11) is 3.37. The van der Waals surface area contributed by atoms with Gasteiger partial charge >= 0.3 is 0 Å². The van der Waals surface area contributed by atoms with Crippen LogP contribution in [0.2, 0.25) is 5.02 Å². The number of benzene rings is 3. The van der Waals surface area contributed by atoms with Crippen molar-refractivity contribution in [2.24, 2.45) is 5.41 Å². The maximum atomic E-state index is 6.74. The van der Waals surface area contributed by atoms with Gasteiger partial charge in [0.25, 0.3) is 0 Å². The molecule has 32 heavy (non-hydrogen) atoms. The molecule has 3 nitrogen and oxygen atoms in total. The van der Waals surface area contributed by atoms with Crippen LogP contribution >= 0.6 is 11.6 Å². The van der Waals surface area contributed by atoms with E-state index in [1.807, 2.05) is 30.3 Å². The lowest BCUT2D eigenvalue weighted by molar-refractivity contribution is 0.414. The van der Waals surface area contributed by atoms with Gasteiger partial charge in [0.1, 0.15) is 11.5 Å². The number of allylic oxidation sites excluding steroid dienone is 1. The Morgan fingerprint density at radius 1 is 0.875 bits per heavy atom. The van der Waals surface area contributed by atoms with Gasteiger partial charge in [-0.3, -0.25) is 0 Å². The lowest BCUT2D eigenvalue weighted by Gasteiger charge is -2.27. The molecule has 0 aromatic heterocycles. The Bertz CT molecular complexity index is 1040. The second kappa shape index (κ2) is 9.30. The Morgan fingerprint density at radius 3 is 1.81 bits per heavy atom. The number of rotatable bonds is 9. The molecule has 1 aliphatic carbocycles. The number of nitrogens with zero attached hydrogens (tertiary/aromatic N) is 1. The van der Waals surface area contributed by atoms with Crippen LogP contribution in [0.5, 0.6) is 11.5 Å². The minimum atomic E-state index is 0.224. The molecule has 0 aliphatic heterocycles. The summed E-state index contributed by atoms with van der Waals surface area (Å²) in [5.41, 5.74) is 5.98. The smallest absolute Gasteiger partial charge is 0.118 e. The number of methoxy groups -OCH3 is 2. The van der Waals surface area contributed by atoms with E-state index >= 15 is 0 Å². The lowest BCUT2D eigenvalue weighted by Crippen LogP contribution is -2.22. The first kappa shape index (κ1) is 22.3. The Morgan fingerprint density at radius 2 is 1.38 bits per heavy atom. The molecule has 166 valence electrons. The van der Waals surface area contributed by atoms with Crippen LogP contribution in [0.3, 0.4) is 0 Å². The van der Waals surface area contributed by atoms with Gasteiger partial charge in [-0.05, 0) is 76.9 Å². The lowest BCUT2D eigenvalue weighted by atomic mass is 9.92. The van der Waals surface area contributed by atoms with Crippen molar-refractivity contribution in [1.82, 2.24) is 0 Å². The second-order valence-corrected chi connectivity index (χ2v) is 9.16. The molecular formula is C28H30ClNO2. The van der Waals surface area contributed by atoms with Gasteiger partial charge in [-0.25, -0.2) is 0 Å². The molecule has 0 heterocycles. The number of anilines is 1. The van der Waals surface area contributed by atoms with Crippen LogP contribution in [-0.4, -0.2) is 14.2 Å². The third kappa shape index (κ3) is 4.94. The molecule has 0 atom stereocenters. The van der Waals surface area contributed by atoms with Crippen LogP contribution in [0.25, 0.3) is 5.57 Å². The molecule has 4 rings (SSSR count). The van der Waals surface area contributed by atoms with E-state index in [2.05, 4.69) is 54.8 Å². The van der Waals surface area contributed by atoms with E-state index in [9.17, 15) is 0 Å². The molecule has 4 heteroatoms. The van der Waals surface area contributed by atoms with E-state index in [0.717, 1.165) is 35.3 Å². The summed E-state index contributed by atoms with van der Waals surface area (Å²) in [5, 5.41) is 0.740. The fourth-order valence-electron chi connectivity index (χ4n) is 3.91. The SMILES string of the molecule is C=C(c1ccc(Cl)c(N(Cc2ccc(OC)cc2)Cc2ccc(OC)cc2)c1)C1(C)CC1. The van der Waals surface area contributed by atoms with Crippen LogP contribution < -0.4 is 14.4 Å². The maximum absolute atomic E-state index is 6.74. The summed E-state index contributed by atoms with van der Waals surface area (Å²) >= 11 is 6.74. The topological polar surface area (TPSA) is 21.7 Å². The summed E-state index contributed by atoms with van der Waals surface area (Å²) in [6.45, 7) is 8.14. The molecule has 0 spiro atoms. The van der Waals surface area contributed by atoms with Crippen molar-refractivity contribution in [3.8, 4) is 11.5 Å². The number of halogens is 1. The average molecular weight is 448 g/mol. The first-order valence-electron chi connectivity index (χ1n) is 10.9. The van der Waals surface area contributed by atoms with Crippen molar-refractivity contribution < 1.29 is 9.47 Å². The molecule has 1 aliphatic rings. The van der Waals surface area contributed by atoms with E-state index in [4.69, 9.17) is 21.1 Å². The number of hydrogen-bond acceptors (Lipinski definition) is 3. The van der Waals surface area contributed by atoms with Crippen molar-refractivity contribution in [1.29, 1.82) is 0 Å². The Hall–Kier alpha value is -2.91. The van der Waals surface area contributed by atoms with E-state index < -0.39 is 0 Å². The summed E-state index contributed by atoms with van der Waals surface area (Å²) < 4.78 is 10.6. The first-order chi connectivity index (χ1) is 15.4. The standard InChI is InChI=1S/C28H30ClNO2/c1-20(28(2)15-16-28)23-9-14-26(29)27(17-23)30(18-21-5-10-24(31-3)11-6-21)19-22-7-12-25(32-4)13-8-22/h5-14,17H,1,15-16,18-19H2,2-4H3. The van der Waals surface area contributed by atoms with Crippen molar-refractivity contribution in [2.45, 2.75) is 32.9 Å². The molecule has 1 saturated carbocycles. The summed E-state index contributed by atoms with van der Waals surface area (Å²) in [4.78, 5) is 2.32. The minimum Gasteiger partial charge on any atom is -0.497 e. The summed E-state index contributed by atoms with van der Waals surface area (Å²) in [6, 6.07) is 22.7. The fraction of sp³-hybridized carbons (Fsp3) is 0.286. The average Bonchev–Trinajstić information content (AvgIpc) is 3.58. The summed E-state index contributed by atoms with van der Waals surface area (Å²) in [6.07, 6.45) is 2.40. The van der Waals surface area contributed by atoms with Gasteiger partial charge in [0.05, 0.1) is 24.9 Å². The Labute approximate surface area is 196 Å². The molecule has 1 fully saturated rings. The molecule has 0 saturated heterocycles. The van der Waals surface area contributed by atoms with E-state index in [0.29, 0.717) is 0 Å². The predicted molar refractivity (Wildman–Crippen MR) is 134 cm³/mol. The quantitative estimate of drug-likeness (QED) is 0.341. The summed E-state index contributed by atoms with van der Waals surface area (Å²) in [5.74, 6) is 1.70. The zero-order chi connectivity index (χ0) is 22.7. The van der Waals surface area contributed by atoms with Gasteiger partial charge < -0.3 is 14.4 Å². The van der Waals surface area contributed by atoms with E-state index in [1.54, 1.807) is 14.2 Å². The molecule has 0 amide bonds. The molecule has 0 bridgehead atoms. The van der Waals surface area contributed by atoms with Gasteiger partial charge in [0.2, 0.25) is 0 Å². The first-order valence-corrected chi connectivity index (χ1v) is 11.3. The molecular weight excluding hydrogens is 418 g/mol. The van der Waals surface area contributed by atoms with Crippen LogP contribution in [0, 0.1) is 5.41 Å². The third-order valence-electron chi connectivity index (χ3n) is 6.43. The van der Waals surface area contributed by atoms with Crippen molar-refractivity contribution in [2.75, 3.05) is 19.1 Å². The molecule has 3 aromatic rings. The molecule has 3 aromatic carbocycles. The normalized spacial score (nSPS) is 14.0. The van der Waals surface area contributed by atoms with E-state index in [1.165, 1.54) is 35.1 Å². The van der Waals surface area contributed by atoms with Crippen LogP contribution in [0.4, 0.5) is 5.69 Å². The Kier molecular flexibility index (Phi) is 6.48. The number of ether oxygens (including phenoxy) is 2. The number of hydrogen-bond donors (Lipinski definition) is 0. The molecule has 0 unspecified atom stereocenters. The Balaban J connectivity index is 1.67. The van der Waals surface area contributed by atoms with Crippen LogP contribution in [-0.2, 0) is 13.1 Å². The highest BCUT2D eigenvalue weighted by Crippen LogP contribution is 2.54. The zero-order valence-corrected chi connectivity index (χ0v) is 19.8. The van der Waals surface area contributed by atoms with Crippen LogP contribution in [0.15, 0.2) is 73.3 Å². The minimum absolute atomic E-state index is 0.224. The van der Waals surface area contributed by atoms with Gasteiger partial charge in [-0.1, -0.05) is 55.4 Å². The van der Waals surface area contributed by atoms with Gasteiger partial charge in [0.15, 0.2) is 0 Å². The molecule has 0 radical (unpaired) electrons. The van der Waals surface area contributed by atoms with Gasteiger partial charge in [0, 0.05) is 13.1 Å². The maximum Gasteiger partial charge on any atom is 0.118 e. The largest absolute Gasteiger partial charge is 0.497 e. The highest BCUT2D eigenvalue weighted by molar-refractivity contribution is 6.33. The van der Waals surface area contributed by atoms with Crippen molar-refractivity contribution >= 4 is 22.9 Å². The second-order valence-electron chi connectivity index (χ2n) is 8.76. The monoisotopic (exact) mass is 447 g/mol. The predicted octanol–water partition coefficient (Wildman–Crippen LogP) is 7.38. The molecule has 0 N–H and O–H groups in total. The highest BCUT2D eigenvalue weighted by atomic mass is 35.5. The highest BCUT2D eigenvalue weighted by Gasteiger charge is 2.40. The van der Waals surface area contributed by atoms with Crippen LogP contribution in [0.1, 0.15) is 36.5 Å². The van der Waals surface area contributed by atoms with E-state index in [-0.39, 0.29) is 5.41 Å². The van der Waals surface area contributed by atoms with Gasteiger partial charge in [-0.2, -0.15) is 0 Å². The van der Waals surface area contributed by atoms with Crippen molar-refractivity contribution in [3.63, 3.8) is 0 Å². The van der Waals surface area contributed by atoms with Crippen molar-refractivity contribution in [3.05, 3.63) is 95.0 Å². The zero-order valence-electron chi connectivity index (χ0n) is 19.0.